The van der Waals surface area contributed by atoms with Crippen LogP contribution in [-0.4, -0.2) is 74.1 Å². The minimum Gasteiger partial charge on any atom is -0.408 e. The van der Waals surface area contributed by atoms with Crippen LogP contribution in [0.25, 0.3) is 21.7 Å². The van der Waals surface area contributed by atoms with Crippen molar-refractivity contribution in [3.8, 4) is 5.75 Å². The molecule has 0 spiro atoms. The highest BCUT2D eigenvalue weighted by Crippen LogP contribution is 2.33. The van der Waals surface area contributed by atoms with Gasteiger partial charge in [-0.1, -0.05) is 36.4 Å². The summed E-state index contributed by atoms with van der Waals surface area (Å²) in [4.78, 5) is 34.0. The maximum Gasteiger partial charge on any atom is 0.225 e. The van der Waals surface area contributed by atoms with Crippen molar-refractivity contribution in [1.29, 1.82) is 0 Å². The van der Waals surface area contributed by atoms with Crippen LogP contribution in [-0.2, 0) is 4.79 Å². The van der Waals surface area contributed by atoms with Gasteiger partial charge >= 0.3 is 0 Å². The number of aromatic nitrogens is 2. The predicted molar refractivity (Wildman–Crippen MR) is 175 cm³/mol. The monoisotopic (exact) mass is 581 g/mol. The molecular formula is C34H43N7O2. The van der Waals surface area contributed by atoms with Crippen molar-refractivity contribution in [2.75, 3.05) is 68.5 Å². The van der Waals surface area contributed by atoms with E-state index in [0.717, 1.165) is 67.1 Å². The number of para-hydroxylation sites is 1. The molecule has 0 bridgehead atoms. The van der Waals surface area contributed by atoms with E-state index in [1.165, 1.54) is 36.8 Å². The minimum absolute atomic E-state index is 0.135. The third kappa shape index (κ3) is 6.62. The van der Waals surface area contributed by atoms with Crippen molar-refractivity contribution in [1.82, 2.24) is 20.3 Å². The van der Waals surface area contributed by atoms with Gasteiger partial charge in [-0.25, -0.2) is 4.98 Å². The van der Waals surface area contributed by atoms with E-state index in [0.29, 0.717) is 17.8 Å². The lowest BCUT2D eigenvalue weighted by atomic mass is 9.82. The van der Waals surface area contributed by atoms with Crippen molar-refractivity contribution in [3.05, 3.63) is 60.7 Å². The number of hydroxylamine groups is 1. The van der Waals surface area contributed by atoms with Crippen molar-refractivity contribution in [2.24, 2.45) is 11.8 Å². The predicted octanol–water partition coefficient (Wildman–Crippen LogP) is 5.32. The van der Waals surface area contributed by atoms with Gasteiger partial charge in [0.1, 0.15) is 5.82 Å². The van der Waals surface area contributed by atoms with Crippen LogP contribution < -0.4 is 25.4 Å². The van der Waals surface area contributed by atoms with E-state index in [2.05, 4.69) is 77.2 Å². The summed E-state index contributed by atoms with van der Waals surface area (Å²) in [5.41, 5.74) is 5.41. The standard InChI is InChI=1S/C34H43N7O2/c1-24(42)40-18-20-41(21-19-40)33-29-8-4-5-11-30(29)37-34(38-33)35-22-25-14-16-26(17-15-25)23-36-43-32-13-7-9-27-28(32)10-6-12-31(27)39(2)3/h4-13,25-26,36H,14-23H2,1-3H3,(H,35,37,38)/t25-,26-. The number of carbonyl (C=O) groups is 1. The van der Waals surface area contributed by atoms with E-state index in [4.69, 9.17) is 14.8 Å². The molecule has 1 amide bonds. The maximum atomic E-state index is 11.8. The fourth-order valence-electron chi connectivity index (χ4n) is 6.47. The van der Waals surface area contributed by atoms with Crippen LogP contribution in [0.2, 0.25) is 0 Å². The number of fused-ring (bicyclic) bond motifs is 2. The van der Waals surface area contributed by atoms with Crippen LogP contribution in [0.3, 0.4) is 0 Å². The first-order chi connectivity index (χ1) is 21.0. The Kier molecular flexibility index (Phi) is 8.79. The average Bonchev–Trinajstić information content (AvgIpc) is 3.03. The Hall–Kier alpha value is -4.11. The van der Waals surface area contributed by atoms with Gasteiger partial charge in [0.25, 0.3) is 0 Å². The summed E-state index contributed by atoms with van der Waals surface area (Å²) in [6, 6.07) is 20.8. The van der Waals surface area contributed by atoms with Gasteiger partial charge in [0, 0.05) is 82.1 Å². The lowest BCUT2D eigenvalue weighted by Gasteiger charge is -2.35. The van der Waals surface area contributed by atoms with Crippen LogP contribution in [0.1, 0.15) is 32.6 Å². The Morgan fingerprint density at radius 3 is 2.26 bits per heavy atom. The molecule has 1 aromatic heterocycles. The summed E-state index contributed by atoms with van der Waals surface area (Å²) >= 11 is 0. The smallest absolute Gasteiger partial charge is 0.225 e. The molecule has 3 aromatic carbocycles. The highest BCUT2D eigenvalue weighted by molar-refractivity contribution is 5.98. The molecule has 0 unspecified atom stereocenters. The van der Waals surface area contributed by atoms with Crippen LogP contribution in [0, 0.1) is 11.8 Å². The van der Waals surface area contributed by atoms with E-state index in [-0.39, 0.29) is 5.91 Å². The van der Waals surface area contributed by atoms with Crippen LogP contribution >= 0.6 is 0 Å². The molecule has 43 heavy (non-hydrogen) atoms. The number of nitrogens with zero attached hydrogens (tertiary/aromatic N) is 5. The molecule has 2 heterocycles. The summed E-state index contributed by atoms with van der Waals surface area (Å²) in [6.45, 7) is 6.36. The second-order valence-electron chi connectivity index (χ2n) is 12.1. The number of amides is 1. The molecule has 1 aliphatic heterocycles. The molecule has 9 heteroatoms. The Morgan fingerprint density at radius 2 is 1.51 bits per heavy atom. The topological polar surface area (TPSA) is 85.9 Å². The molecule has 1 aliphatic carbocycles. The molecule has 2 fully saturated rings. The molecule has 4 aromatic rings. The Balaban J connectivity index is 1.01. The molecule has 226 valence electrons. The van der Waals surface area contributed by atoms with Crippen LogP contribution in [0.4, 0.5) is 17.5 Å². The van der Waals surface area contributed by atoms with Crippen LogP contribution in [0.5, 0.6) is 5.75 Å². The first-order valence-corrected chi connectivity index (χ1v) is 15.6. The number of nitrogens with one attached hydrogen (secondary N) is 2. The number of hydrogen-bond acceptors (Lipinski definition) is 8. The summed E-state index contributed by atoms with van der Waals surface area (Å²) in [6.07, 6.45) is 4.70. The summed E-state index contributed by atoms with van der Waals surface area (Å²) in [7, 11) is 4.14. The molecule has 2 aliphatic rings. The van der Waals surface area contributed by atoms with Gasteiger partial charge in [-0.3, -0.25) is 4.79 Å². The number of carbonyl (C=O) groups excluding carboxylic acids is 1. The quantitative estimate of drug-likeness (QED) is 0.257. The zero-order valence-corrected chi connectivity index (χ0v) is 25.6. The maximum absolute atomic E-state index is 11.8. The van der Waals surface area contributed by atoms with Gasteiger partial charge in [0.05, 0.1) is 5.52 Å². The zero-order chi connectivity index (χ0) is 29.8. The van der Waals surface area contributed by atoms with E-state index < -0.39 is 0 Å². The van der Waals surface area contributed by atoms with E-state index in [1.54, 1.807) is 6.92 Å². The fourth-order valence-corrected chi connectivity index (χ4v) is 6.47. The van der Waals surface area contributed by atoms with E-state index >= 15 is 0 Å². The zero-order valence-electron chi connectivity index (χ0n) is 25.6. The molecule has 2 N–H and O–H groups in total. The van der Waals surface area contributed by atoms with Crippen molar-refractivity contribution in [2.45, 2.75) is 32.6 Å². The Morgan fingerprint density at radius 1 is 0.837 bits per heavy atom. The summed E-state index contributed by atoms with van der Waals surface area (Å²) < 4.78 is 0. The molecule has 1 saturated carbocycles. The second-order valence-corrected chi connectivity index (χ2v) is 12.1. The largest absolute Gasteiger partial charge is 0.408 e. The molecule has 9 nitrogen and oxygen atoms in total. The number of anilines is 3. The third-order valence-corrected chi connectivity index (χ3v) is 9.02. The van der Waals surface area contributed by atoms with Crippen LogP contribution in [0.15, 0.2) is 60.7 Å². The Labute approximate surface area is 254 Å². The molecule has 0 radical (unpaired) electrons. The minimum atomic E-state index is 0.135. The number of hydrogen-bond donors (Lipinski definition) is 2. The lowest BCUT2D eigenvalue weighted by molar-refractivity contribution is -0.129. The lowest BCUT2D eigenvalue weighted by Crippen LogP contribution is -2.48. The van der Waals surface area contributed by atoms with Crippen molar-refractivity contribution < 1.29 is 9.63 Å². The fraction of sp³-hybridized carbons (Fsp3) is 0.441. The second kappa shape index (κ2) is 13.0. The normalized spacial score (nSPS) is 19.0. The van der Waals surface area contributed by atoms with Gasteiger partial charge in [0.2, 0.25) is 11.9 Å². The van der Waals surface area contributed by atoms with Gasteiger partial charge in [0.15, 0.2) is 5.75 Å². The first-order valence-electron chi connectivity index (χ1n) is 15.6. The summed E-state index contributed by atoms with van der Waals surface area (Å²) in [5.74, 6) is 3.84. The van der Waals surface area contributed by atoms with Crippen molar-refractivity contribution in [3.63, 3.8) is 0 Å². The van der Waals surface area contributed by atoms with Crippen molar-refractivity contribution >= 4 is 45.0 Å². The van der Waals surface area contributed by atoms with Gasteiger partial charge < -0.3 is 24.9 Å². The SMILES string of the molecule is CC(=O)N1CCN(c2nc(NC[C@H]3CC[C@H](CNOc4cccc5c(N(C)C)cccc45)CC3)nc3ccccc23)CC1. The van der Waals surface area contributed by atoms with Gasteiger partial charge in [-0.05, 0) is 61.8 Å². The molecular weight excluding hydrogens is 538 g/mol. The first kappa shape index (κ1) is 29.0. The van der Waals surface area contributed by atoms with E-state index in [9.17, 15) is 4.79 Å². The highest BCUT2D eigenvalue weighted by Gasteiger charge is 2.24. The summed E-state index contributed by atoms with van der Waals surface area (Å²) in [5, 5.41) is 6.93. The van der Waals surface area contributed by atoms with E-state index in [1.807, 2.05) is 23.1 Å². The third-order valence-electron chi connectivity index (χ3n) is 9.02. The Bertz CT molecular complexity index is 1560. The molecule has 1 saturated heterocycles. The average molecular weight is 582 g/mol. The molecule has 0 atom stereocenters. The number of piperazine rings is 1. The van der Waals surface area contributed by atoms with Gasteiger partial charge in [-0.2, -0.15) is 10.5 Å². The van der Waals surface area contributed by atoms with Gasteiger partial charge in [-0.15, -0.1) is 0 Å². The molecule has 6 rings (SSSR count). The number of benzene rings is 3. The highest BCUT2D eigenvalue weighted by atomic mass is 16.6. The number of rotatable bonds is 9.